The molecule has 1 aromatic carbocycles. The monoisotopic (exact) mass is 267 g/mol. The second kappa shape index (κ2) is 5.18. The molecule has 2 rings (SSSR count). The lowest BCUT2D eigenvalue weighted by atomic mass is 10.1. The maximum Gasteiger partial charge on any atom is 0.338 e. The van der Waals surface area contributed by atoms with Crippen LogP contribution in [0.1, 0.15) is 15.9 Å². The van der Waals surface area contributed by atoms with Crippen molar-refractivity contribution in [1.82, 2.24) is 14.8 Å². The minimum atomic E-state index is -1.27. The van der Waals surface area contributed by atoms with Crippen molar-refractivity contribution in [1.29, 1.82) is 0 Å². The van der Waals surface area contributed by atoms with Crippen LogP contribution in [0.15, 0.2) is 29.7 Å². The number of carboxylic acids is 1. The Kier molecular flexibility index (Phi) is 3.61. The van der Waals surface area contributed by atoms with E-state index < -0.39 is 11.8 Å². The van der Waals surface area contributed by atoms with E-state index in [1.807, 2.05) is 0 Å². The predicted octanol–water partition coefficient (Wildman–Crippen LogP) is 1.94. The van der Waals surface area contributed by atoms with E-state index in [-0.39, 0.29) is 5.56 Å². The van der Waals surface area contributed by atoms with Crippen LogP contribution in [0.2, 0.25) is 0 Å². The van der Waals surface area contributed by atoms with Gasteiger partial charge in [-0.25, -0.2) is 18.9 Å². The zero-order valence-corrected chi connectivity index (χ0v) is 10.3. The highest BCUT2D eigenvalue weighted by molar-refractivity contribution is 7.98. The predicted molar refractivity (Wildman–Crippen MR) is 63.9 cm³/mol. The first kappa shape index (κ1) is 12.6. The molecule has 2 aromatic rings. The fraction of sp³-hybridized carbons (Fsp3) is 0.182. The Morgan fingerprint density at radius 3 is 2.94 bits per heavy atom. The maximum atomic E-state index is 13.2. The van der Waals surface area contributed by atoms with E-state index in [9.17, 15) is 9.18 Å². The minimum Gasteiger partial charge on any atom is -0.478 e. The van der Waals surface area contributed by atoms with Crippen LogP contribution in [0, 0.1) is 5.82 Å². The van der Waals surface area contributed by atoms with Gasteiger partial charge in [-0.15, -0.1) is 0 Å². The Bertz CT molecular complexity index is 585. The van der Waals surface area contributed by atoms with Gasteiger partial charge >= 0.3 is 5.97 Å². The summed E-state index contributed by atoms with van der Waals surface area (Å²) in [7, 11) is 1.77. The normalized spacial score (nSPS) is 10.6. The topological polar surface area (TPSA) is 68.0 Å². The molecule has 0 saturated carbocycles. The van der Waals surface area contributed by atoms with Crippen molar-refractivity contribution in [3.05, 3.63) is 41.5 Å². The highest BCUT2D eigenvalue weighted by Crippen LogP contribution is 2.21. The first-order chi connectivity index (χ1) is 8.58. The van der Waals surface area contributed by atoms with E-state index in [2.05, 4.69) is 10.1 Å². The summed E-state index contributed by atoms with van der Waals surface area (Å²) >= 11 is 1.41. The number of carboxylic acid groups (broad SMARTS) is 1. The number of aromatic carboxylic acids is 1. The molecule has 5 nitrogen and oxygen atoms in total. The van der Waals surface area contributed by atoms with E-state index in [1.165, 1.54) is 24.2 Å². The quantitative estimate of drug-likeness (QED) is 0.857. The Morgan fingerprint density at radius 2 is 2.33 bits per heavy atom. The molecule has 0 aliphatic carbocycles. The van der Waals surface area contributed by atoms with Gasteiger partial charge in [-0.1, -0.05) is 17.8 Å². The number of halogens is 1. The fourth-order valence-electron chi connectivity index (χ4n) is 1.39. The van der Waals surface area contributed by atoms with Gasteiger partial charge < -0.3 is 5.11 Å². The van der Waals surface area contributed by atoms with Crippen molar-refractivity contribution in [2.75, 3.05) is 0 Å². The summed E-state index contributed by atoms with van der Waals surface area (Å²) in [5.74, 6) is -1.49. The van der Waals surface area contributed by atoms with Gasteiger partial charge in [0.2, 0.25) is 0 Å². The summed E-state index contributed by atoms with van der Waals surface area (Å²) in [6.07, 6.45) is 1.44. The summed E-state index contributed by atoms with van der Waals surface area (Å²) in [5, 5.41) is 13.5. The van der Waals surface area contributed by atoms with Gasteiger partial charge in [-0.05, 0) is 17.7 Å². The summed E-state index contributed by atoms with van der Waals surface area (Å²) in [6.45, 7) is 0. The number of benzene rings is 1. The second-order valence-electron chi connectivity index (χ2n) is 3.57. The van der Waals surface area contributed by atoms with Crippen LogP contribution in [0.5, 0.6) is 0 Å². The van der Waals surface area contributed by atoms with Gasteiger partial charge in [-0.2, -0.15) is 5.10 Å². The lowest BCUT2D eigenvalue weighted by Gasteiger charge is -2.03. The van der Waals surface area contributed by atoms with Crippen LogP contribution >= 0.6 is 11.8 Å². The van der Waals surface area contributed by atoms with Crippen LogP contribution < -0.4 is 0 Å². The average molecular weight is 267 g/mol. The zero-order chi connectivity index (χ0) is 13.1. The van der Waals surface area contributed by atoms with Gasteiger partial charge in [-0.3, -0.25) is 0 Å². The van der Waals surface area contributed by atoms with Crippen molar-refractivity contribution in [2.45, 2.75) is 10.9 Å². The third-order valence-electron chi connectivity index (χ3n) is 2.30. The van der Waals surface area contributed by atoms with E-state index >= 15 is 0 Å². The van der Waals surface area contributed by atoms with Gasteiger partial charge in [0.1, 0.15) is 12.1 Å². The standard InChI is InChI=1S/C11H10FN3O2S/c1-15-11(13-6-14-15)18-5-7-2-3-9(12)8(4-7)10(16)17/h2-4,6H,5H2,1H3,(H,16,17). The molecule has 0 saturated heterocycles. The van der Waals surface area contributed by atoms with Crippen LogP contribution in [-0.2, 0) is 12.8 Å². The fourth-order valence-corrected chi connectivity index (χ4v) is 2.22. The Hall–Kier alpha value is -1.89. The molecule has 0 aliphatic heterocycles. The molecule has 0 unspecified atom stereocenters. The number of hydrogen-bond donors (Lipinski definition) is 1. The number of nitrogens with zero attached hydrogens (tertiary/aromatic N) is 3. The first-order valence-electron chi connectivity index (χ1n) is 5.06. The molecule has 7 heteroatoms. The molecule has 1 heterocycles. The van der Waals surface area contributed by atoms with Crippen molar-refractivity contribution >= 4 is 17.7 Å². The largest absolute Gasteiger partial charge is 0.478 e. The maximum absolute atomic E-state index is 13.2. The molecule has 0 atom stereocenters. The molecular weight excluding hydrogens is 257 g/mol. The zero-order valence-electron chi connectivity index (χ0n) is 9.50. The van der Waals surface area contributed by atoms with E-state index in [0.717, 1.165) is 16.8 Å². The number of aryl methyl sites for hydroxylation is 1. The minimum absolute atomic E-state index is 0.314. The van der Waals surface area contributed by atoms with Crippen molar-refractivity contribution in [2.24, 2.45) is 7.05 Å². The number of aromatic nitrogens is 3. The first-order valence-corrected chi connectivity index (χ1v) is 6.05. The summed E-state index contributed by atoms with van der Waals surface area (Å²) in [6, 6.07) is 4.06. The van der Waals surface area contributed by atoms with Gasteiger partial charge in [0.05, 0.1) is 5.56 Å². The number of thioether (sulfide) groups is 1. The van der Waals surface area contributed by atoms with E-state index in [4.69, 9.17) is 5.11 Å². The smallest absolute Gasteiger partial charge is 0.338 e. The molecule has 18 heavy (non-hydrogen) atoms. The average Bonchev–Trinajstić information content (AvgIpc) is 2.73. The Labute approximate surface area is 107 Å². The molecule has 0 amide bonds. The molecule has 94 valence electrons. The summed E-state index contributed by atoms with van der Waals surface area (Å²) in [4.78, 5) is 14.8. The molecule has 1 aromatic heterocycles. The third-order valence-corrected chi connectivity index (χ3v) is 3.40. The lowest BCUT2D eigenvalue weighted by Crippen LogP contribution is -2.01. The van der Waals surface area contributed by atoms with Crippen molar-refractivity contribution in [3.63, 3.8) is 0 Å². The molecule has 0 bridgehead atoms. The van der Waals surface area contributed by atoms with Gasteiger partial charge in [0.15, 0.2) is 5.16 Å². The molecule has 0 aliphatic rings. The SMILES string of the molecule is Cn1ncnc1SCc1ccc(F)c(C(=O)O)c1. The van der Waals surface area contributed by atoms with Gasteiger partial charge in [0.25, 0.3) is 0 Å². The number of rotatable bonds is 4. The van der Waals surface area contributed by atoms with Crippen LogP contribution in [0.3, 0.4) is 0 Å². The summed E-state index contributed by atoms with van der Waals surface area (Å²) in [5.41, 5.74) is 0.410. The van der Waals surface area contributed by atoms with E-state index in [1.54, 1.807) is 17.8 Å². The third kappa shape index (κ3) is 2.67. The van der Waals surface area contributed by atoms with Crippen molar-refractivity contribution in [3.8, 4) is 0 Å². The Morgan fingerprint density at radius 1 is 1.56 bits per heavy atom. The van der Waals surface area contributed by atoms with Crippen LogP contribution in [0.4, 0.5) is 4.39 Å². The molecular formula is C11H10FN3O2S. The van der Waals surface area contributed by atoms with Crippen molar-refractivity contribution < 1.29 is 14.3 Å². The molecule has 0 fully saturated rings. The molecule has 0 spiro atoms. The Balaban J connectivity index is 2.13. The second-order valence-corrected chi connectivity index (χ2v) is 4.52. The van der Waals surface area contributed by atoms with Crippen LogP contribution in [-0.4, -0.2) is 25.8 Å². The number of hydrogen-bond acceptors (Lipinski definition) is 4. The van der Waals surface area contributed by atoms with Gasteiger partial charge in [0, 0.05) is 12.8 Å². The molecule has 1 N–H and O–H groups in total. The number of carbonyl (C=O) groups is 1. The highest BCUT2D eigenvalue weighted by Gasteiger charge is 2.11. The highest BCUT2D eigenvalue weighted by atomic mass is 32.2. The molecule has 0 radical (unpaired) electrons. The summed E-state index contributed by atoms with van der Waals surface area (Å²) < 4.78 is 14.8. The van der Waals surface area contributed by atoms with E-state index in [0.29, 0.717) is 5.75 Å². The lowest BCUT2D eigenvalue weighted by molar-refractivity contribution is 0.0692. The van der Waals surface area contributed by atoms with Crippen LogP contribution in [0.25, 0.3) is 0 Å².